The van der Waals surface area contributed by atoms with Gasteiger partial charge in [-0.15, -0.1) is 11.3 Å². The molecule has 0 saturated carbocycles. The topological polar surface area (TPSA) is 69.9 Å². The highest BCUT2D eigenvalue weighted by atomic mass is 35.5. The van der Waals surface area contributed by atoms with Crippen LogP contribution in [0.15, 0.2) is 29.3 Å². The Labute approximate surface area is 172 Å². The summed E-state index contributed by atoms with van der Waals surface area (Å²) in [6, 6.07) is 6.69. The molecule has 142 valence electrons. The van der Waals surface area contributed by atoms with Crippen LogP contribution in [0, 0.1) is 0 Å². The van der Waals surface area contributed by atoms with E-state index in [1.54, 1.807) is 25.3 Å². The molecule has 3 aromatic rings. The Hall–Kier alpha value is -1.71. The van der Waals surface area contributed by atoms with E-state index in [4.69, 9.17) is 32.7 Å². The highest BCUT2D eigenvalue weighted by molar-refractivity contribution is 7.20. The second-order valence-electron chi connectivity index (χ2n) is 5.36. The lowest BCUT2D eigenvalue weighted by molar-refractivity contribution is 0.0601. The fourth-order valence-corrected chi connectivity index (χ4v) is 4.98. The lowest BCUT2D eigenvalue weighted by Crippen LogP contribution is -2.19. The van der Waals surface area contributed by atoms with Gasteiger partial charge in [0.1, 0.15) is 4.34 Å². The third kappa shape index (κ3) is 4.25. The van der Waals surface area contributed by atoms with Gasteiger partial charge in [-0.3, -0.25) is 4.79 Å². The number of fused-ring (bicyclic) bond motifs is 1. The van der Waals surface area contributed by atoms with E-state index in [0.29, 0.717) is 32.2 Å². The van der Waals surface area contributed by atoms with Crippen molar-refractivity contribution in [2.24, 2.45) is 4.99 Å². The summed E-state index contributed by atoms with van der Waals surface area (Å²) < 4.78 is 13.3. The first-order valence-electron chi connectivity index (χ1n) is 7.69. The van der Waals surface area contributed by atoms with Crippen LogP contribution in [0.5, 0.6) is 0 Å². The number of ether oxygens (including phenoxy) is 2. The minimum absolute atomic E-state index is 0.262. The van der Waals surface area contributed by atoms with E-state index in [0.717, 1.165) is 21.6 Å². The van der Waals surface area contributed by atoms with E-state index in [9.17, 15) is 9.59 Å². The van der Waals surface area contributed by atoms with Crippen LogP contribution >= 0.6 is 45.9 Å². The number of aromatic nitrogens is 1. The molecule has 27 heavy (non-hydrogen) atoms. The van der Waals surface area contributed by atoms with E-state index in [1.165, 1.54) is 24.5 Å². The summed E-state index contributed by atoms with van der Waals surface area (Å²) in [6.07, 6.45) is 0. The molecule has 0 spiro atoms. The normalized spacial score (nSPS) is 11.9. The molecule has 0 aliphatic rings. The van der Waals surface area contributed by atoms with Crippen molar-refractivity contribution in [2.45, 2.75) is 6.54 Å². The molecule has 1 amide bonds. The molecule has 6 nitrogen and oxygen atoms in total. The molecule has 0 saturated heterocycles. The van der Waals surface area contributed by atoms with Crippen LogP contribution < -0.4 is 4.80 Å². The van der Waals surface area contributed by atoms with Gasteiger partial charge >= 0.3 is 5.97 Å². The van der Waals surface area contributed by atoms with Crippen molar-refractivity contribution < 1.29 is 19.1 Å². The first kappa shape index (κ1) is 20.0. The van der Waals surface area contributed by atoms with E-state index in [1.807, 2.05) is 4.57 Å². The van der Waals surface area contributed by atoms with Crippen molar-refractivity contribution in [3.63, 3.8) is 0 Å². The molecular weight excluding hydrogens is 431 g/mol. The van der Waals surface area contributed by atoms with Gasteiger partial charge in [0.15, 0.2) is 4.80 Å². The number of hydrogen-bond donors (Lipinski definition) is 0. The maximum absolute atomic E-state index is 12.6. The van der Waals surface area contributed by atoms with Gasteiger partial charge in [0, 0.05) is 13.7 Å². The molecule has 0 aliphatic carbocycles. The molecular formula is C17H14Cl2N2O4S2. The van der Waals surface area contributed by atoms with Gasteiger partial charge in [-0.25, -0.2) is 4.79 Å². The van der Waals surface area contributed by atoms with E-state index in [2.05, 4.69) is 4.99 Å². The van der Waals surface area contributed by atoms with Crippen molar-refractivity contribution in [1.82, 2.24) is 4.57 Å². The van der Waals surface area contributed by atoms with Gasteiger partial charge in [0.2, 0.25) is 0 Å². The zero-order valence-corrected chi connectivity index (χ0v) is 17.5. The second kappa shape index (κ2) is 8.53. The quantitative estimate of drug-likeness (QED) is 0.551. The smallest absolute Gasteiger partial charge is 0.337 e. The van der Waals surface area contributed by atoms with Crippen LogP contribution in [0.4, 0.5) is 0 Å². The Morgan fingerprint density at radius 2 is 1.96 bits per heavy atom. The van der Waals surface area contributed by atoms with Crippen LogP contribution in [0.2, 0.25) is 8.67 Å². The molecule has 10 heteroatoms. The summed E-state index contributed by atoms with van der Waals surface area (Å²) >= 11 is 14.4. The second-order valence-corrected chi connectivity index (χ2v) is 8.65. The van der Waals surface area contributed by atoms with Crippen LogP contribution in [0.1, 0.15) is 20.7 Å². The summed E-state index contributed by atoms with van der Waals surface area (Å²) in [4.78, 5) is 29.0. The summed E-state index contributed by atoms with van der Waals surface area (Å²) in [5.74, 6) is -0.905. The largest absolute Gasteiger partial charge is 0.465 e. The number of thiazole rings is 1. The van der Waals surface area contributed by atoms with Gasteiger partial charge in [0.25, 0.3) is 5.91 Å². The molecule has 0 atom stereocenters. The lowest BCUT2D eigenvalue weighted by atomic mass is 10.2. The SMILES string of the molecule is COCCn1c(=NC(=O)c2cc(Cl)sc2Cl)sc2cc(C(=O)OC)ccc21. The third-order valence-corrected chi connectivity index (χ3v) is 6.24. The molecule has 0 N–H and O–H groups in total. The average Bonchev–Trinajstić information content (AvgIpc) is 3.17. The number of methoxy groups -OCH3 is 2. The van der Waals surface area contributed by atoms with Gasteiger partial charge < -0.3 is 14.0 Å². The Balaban J connectivity index is 2.13. The summed E-state index contributed by atoms with van der Waals surface area (Å²) in [6.45, 7) is 0.940. The minimum atomic E-state index is -0.478. The number of esters is 1. The predicted octanol–water partition coefficient (Wildman–Crippen LogP) is 4.25. The predicted molar refractivity (Wildman–Crippen MR) is 107 cm³/mol. The van der Waals surface area contributed by atoms with E-state index < -0.39 is 11.9 Å². The number of amides is 1. The first-order chi connectivity index (χ1) is 12.9. The van der Waals surface area contributed by atoms with Crippen LogP contribution in [-0.4, -0.2) is 37.3 Å². The Bertz CT molecular complexity index is 1080. The number of benzene rings is 1. The third-order valence-electron chi connectivity index (χ3n) is 3.71. The van der Waals surface area contributed by atoms with E-state index in [-0.39, 0.29) is 5.56 Å². The summed E-state index contributed by atoms with van der Waals surface area (Å²) in [5.41, 5.74) is 1.53. The zero-order chi connectivity index (χ0) is 19.6. The number of nitrogens with zero attached hydrogens (tertiary/aromatic N) is 2. The minimum Gasteiger partial charge on any atom is -0.465 e. The molecule has 0 fully saturated rings. The van der Waals surface area contributed by atoms with E-state index >= 15 is 0 Å². The Kier molecular flexibility index (Phi) is 6.33. The number of carbonyl (C=O) groups excluding carboxylic acids is 2. The molecule has 1 aromatic carbocycles. The van der Waals surface area contributed by atoms with Crippen molar-refractivity contribution in [1.29, 1.82) is 0 Å². The van der Waals surface area contributed by atoms with Crippen LogP contribution in [0.3, 0.4) is 0 Å². The number of halogens is 2. The van der Waals surface area contributed by atoms with Gasteiger partial charge in [-0.2, -0.15) is 4.99 Å². The fourth-order valence-electron chi connectivity index (χ4n) is 2.44. The monoisotopic (exact) mass is 444 g/mol. The molecule has 2 aromatic heterocycles. The van der Waals surface area contributed by atoms with Gasteiger partial charge in [-0.1, -0.05) is 34.5 Å². The molecule has 2 heterocycles. The molecule has 0 bridgehead atoms. The molecule has 3 rings (SSSR count). The first-order valence-corrected chi connectivity index (χ1v) is 10.1. The average molecular weight is 445 g/mol. The van der Waals surface area contributed by atoms with Crippen molar-refractivity contribution in [2.75, 3.05) is 20.8 Å². The zero-order valence-electron chi connectivity index (χ0n) is 14.3. The van der Waals surface area contributed by atoms with Crippen molar-refractivity contribution >= 4 is 68.0 Å². The lowest BCUT2D eigenvalue weighted by Gasteiger charge is -2.05. The summed E-state index contributed by atoms with van der Waals surface area (Å²) in [7, 11) is 2.93. The van der Waals surface area contributed by atoms with Crippen LogP contribution in [-0.2, 0) is 16.0 Å². The Morgan fingerprint density at radius 3 is 2.59 bits per heavy atom. The maximum Gasteiger partial charge on any atom is 0.337 e. The highest BCUT2D eigenvalue weighted by Gasteiger charge is 2.16. The maximum atomic E-state index is 12.6. The highest BCUT2D eigenvalue weighted by Crippen LogP contribution is 2.31. The summed E-state index contributed by atoms with van der Waals surface area (Å²) in [5, 5.41) is 0. The van der Waals surface area contributed by atoms with Crippen molar-refractivity contribution in [3.8, 4) is 0 Å². The molecule has 0 aliphatic heterocycles. The number of rotatable bonds is 5. The number of hydrogen-bond acceptors (Lipinski definition) is 6. The van der Waals surface area contributed by atoms with Gasteiger partial charge in [-0.05, 0) is 24.3 Å². The standard InChI is InChI=1S/C17H14Cl2N2O4S2/c1-24-6-5-21-11-4-3-9(16(23)25-2)7-12(11)26-17(21)20-15(22)10-8-13(18)27-14(10)19/h3-4,7-8H,5-6H2,1-2H3. The molecule has 0 radical (unpaired) electrons. The van der Waals surface area contributed by atoms with Crippen LogP contribution in [0.25, 0.3) is 10.2 Å². The van der Waals surface area contributed by atoms with Gasteiger partial charge in [0.05, 0.1) is 39.4 Å². The van der Waals surface area contributed by atoms with Crippen molar-refractivity contribution in [3.05, 3.63) is 48.9 Å². The molecule has 0 unspecified atom stereocenters. The number of thiophene rings is 1. The fraction of sp³-hybridized carbons (Fsp3) is 0.235. The number of carbonyl (C=O) groups is 2. The Morgan fingerprint density at radius 1 is 1.19 bits per heavy atom.